The Morgan fingerprint density at radius 1 is 0.958 bits per heavy atom. The molecule has 126 valence electrons. The van der Waals surface area contributed by atoms with Crippen LogP contribution in [0.25, 0.3) is 5.57 Å². The minimum atomic E-state index is -1.45. The molecule has 3 rings (SSSR count). The lowest BCUT2D eigenvalue weighted by Gasteiger charge is -2.19. The van der Waals surface area contributed by atoms with Crippen LogP contribution < -0.4 is 0 Å². The van der Waals surface area contributed by atoms with Crippen molar-refractivity contribution >= 4 is 5.57 Å². The molecule has 0 amide bonds. The van der Waals surface area contributed by atoms with Crippen LogP contribution in [-0.2, 0) is 19.3 Å². The molecule has 0 aromatic heterocycles. The summed E-state index contributed by atoms with van der Waals surface area (Å²) in [6, 6.07) is 6.13. The van der Waals surface area contributed by atoms with Crippen molar-refractivity contribution in [2.45, 2.75) is 39.0 Å². The Morgan fingerprint density at radius 3 is 2.46 bits per heavy atom. The van der Waals surface area contributed by atoms with Crippen molar-refractivity contribution in [2.24, 2.45) is 0 Å². The summed E-state index contributed by atoms with van der Waals surface area (Å²) < 4.78 is 55.0. The highest BCUT2D eigenvalue weighted by Gasteiger charge is 2.22. The summed E-state index contributed by atoms with van der Waals surface area (Å²) in [5.41, 5.74) is 2.57. The summed E-state index contributed by atoms with van der Waals surface area (Å²) in [5.74, 6) is -4.13. The first-order valence-corrected chi connectivity index (χ1v) is 8.14. The van der Waals surface area contributed by atoms with E-state index in [0.29, 0.717) is 16.7 Å². The van der Waals surface area contributed by atoms with Crippen molar-refractivity contribution in [3.8, 4) is 0 Å². The Morgan fingerprint density at radius 2 is 1.75 bits per heavy atom. The Hall–Kier alpha value is -2.10. The lowest BCUT2D eigenvalue weighted by molar-refractivity contribution is 0.440. The van der Waals surface area contributed by atoms with Gasteiger partial charge in [-0.15, -0.1) is 0 Å². The molecule has 0 heterocycles. The molecule has 0 aliphatic heterocycles. The van der Waals surface area contributed by atoms with Crippen molar-refractivity contribution in [2.75, 3.05) is 0 Å². The zero-order valence-corrected chi connectivity index (χ0v) is 13.4. The molecule has 1 aliphatic rings. The number of benzene rings is 2. The fraction of sp³-hybridized carbons (Fsp3) is 0.300. The smallest absolute Gasteiger partial charge is 0.194 e. The van der Waals surface area contributed by atoms with Crippen LogP contribution in [0.2, 0.25) is 0 Å². The van der Waals surface area contributed by atoms with Crippen LogP contribution in [0.4, 0.5) is 17.6 Å². The van der Waals surface area contributed by atoms with Gasteiger partial charge < -0.3 is 0 Å². The predicted octanol–water partition coefficient (Wildman–Crippen LogP) is 5.77. The number of allylic oxidation sites excluding steroid dienone is 2. The van der Waals surface area contributed by atoms with E-state index < -0.39 is 17.5 Å². The van der Waals surface area contributed by atoms with Crippen molar-refractivity contribution < 1.29 is 17.6 Å². The molecule has 0 saturated carbocycles. The van der Waals surface area contributed by atoms with Gasteiger partial charge in [-0.05, 0) is 60.1 Å². The normalized spacial score (nSPS) is 13.6. The fourth-order valence-corrected chi connectivity index (χ4v) is 3.12. The van der Waals surface area contributed by atoms with E-state index >= 15 is 0 Å². The van der Waals surface area contributed by atoms with Crippen LogP contribution in [-0.4, -0.2) is 0 Å². The number of fused-ring (bicyclic) bond motifs is 1. The van der Waals surface area contributed by atoms with Gasteiger partial charge in [0.15, 0.2) is 17.5 Å². The van der Waals surface area contributed by atoms with E-state index in [1.165, 1.54) is 6.07 Å². The van der Waals surface area contributed by atoms with Gasteiger partial charge in [-0.2, -0.15) is 0 Å². The molecule has 24 heavy (non-hydrogen) atoms. The van der Waals surface area contributed by atoms with Crippen molar-refractivity contribution in [3.63, 3.8) is 0 Å². The summed E-state index contributed by atoms with van der Waals surface area (Å²) in [5, 5.41) is 0. The van der Waals surface area contributed by atoms with Crippen LogP contribution in [0.1, 0.15) is 42.0 Å². The second-order valence-electron chi connectivity index (χ2n) is 6.15. The minimum absolute atomic E-state index is 0.130. The zero-order chi connectivity index (χ0) is 17.3. The summed E-state index contributed by atoms with van der Waals surface area (Å²) in [7, 11) is 0. The van der Waals surface area contributed by atoms with E-state index in [9.17, 15) is 17.6 Å². The molecular formula is C20H18F4. The van der Waals surface area contributed by atoms with E-state index in [2.05, 4.69) is 6.92 Å². The SMILES string of the molecule is CCCCc1ccc(C2=CCc3c(cc(F)c(F)c3F)C2)c(F)c1. The van der Waals surface area contributed by atoms with Crippen LogP contribution in [0.3, 0.4) is 0 Å². The first-order valence-electron chi connectivity index (χ1n) is 8.14. The predicted molar refractivity (Wildman–Crippen MR) is 86.7 cm³/mol. The monoisotopic (exact) mass is 334 g/mol. The van der Waals surface area contributed by atoms with Crippen molar-refractivity contribution in [1.82, 2.24) is 0 Å². The average Bonchev–Trinajstić information content (AvgIpc) is 2.57. The van der Waals surface area contributed by atoms with Gasteiger partial charge in [0.2, 0.25) is 0 Å². The van der Waals surface area contributed by atoms with Gasteiger partial charge in [-0.3, -0.25) is 0 Å². The lowest BCUT2D eigenvalue weighted by atomic mass is 9.87. The molecule has 0 nitrogen and oxygen atoms in total. The molecule has 0 atom stereocenters. The maximum Gasteiger partial charge on any atom is 0.194 e. The molecule has 0 radical (unpaired) electrons. The molecule has 0 fully saturated rings. The second kappa shape index (κ2) is 6.80. The second-order valence-corrected chi connectivity index (χ2v) is 6.15. The number of halogens is 4. The standard InChI is InChI=1S/C20H18F4/c1-2-3-4-12-5-7-15(17(21)9-12)13-6-8-16-14(10-13)11-18(22)20(24)19(16)23/h5-7,9,11H,2-4,8,10H2,1H3. The van der Waals surface area contributed by atoms with E-state index in [0.717, 1.165) is 30.9 Å². The van der Waals surface area contributed by atoms with Gasteiger partial charge in [0, 0.05) is 5.56 Å². The molecule has 0 spiro atoms. The largest absolute Gasteiger partial charge is 0.206 e. The van der Waals surface area contributed by atoms with Crippen LogP contribution in [0, 0.1) is 23.3 Å². The van der Waals surface area contributed by atoms with E-state index in [-0.39, 0.29) is 24.2 Å². The highest BCUT2D eigenvalue weighted by molar-refractivity contribution is 5.71. The Bertz CT molecular complexity index is 806. The average molecular weight is 334 g/mol. The number of rotatable bonds is 4. The van der Waals surface area contributed by atoms with Gasteiger partial charge in [0.05, 0.1) is 0 Å². The molecular weight excluding hydrogens is 316 g/mol. The first-order chi connectivity index (χ1) is 11.5. The van der Waals surface area contributed by atoms with Gasteiger partial charge >= 0.3 is 0 Å². The van der Waals surface area contributed by atoms with Gasteiger partial charge in [0.25, 0.3) is 0 Å². The Labute approximate surface area is 138 Å². The summed E-state index contributed by atoms with van der Waals surface area (Å²) in [4.78, 5) is 0. The summed E-state index contributed by atoms with van der Waals surface area (Å²) in [6.45, 7) is 2.08. The number of hydrogen-bond donors (Lipinski definition) is 0. The maximum absolute atomic E-state index is 14.4. The topological polar surface area (TPSA) is 0 Å². The molecule has 0 unspecified atom stereocenters. The van der Waals surface area contributed by atoms with E-state index in [4.69, 9.17) is 0 Å². The van der Waals surface area contributed by atoms with Gasteiger partial charge in [-0.25, -0.2) is 17.6 Å². The molecule has 2 aromatic carbocycles. The quantitative estimate of drug-likeness (QED) is 0.492. The van der Waals surface area contributed by atoms with Crippen LogP contribution >= 0.6 is 0 Å². The van der Waals surface area contributed by atoms with E-state index in [1.807, 2.05) is 6.07 Å². The van der Waals surface area contributed by atoms with Crippen LogP contribution in [0.15, 0.2) is 30.3 Å². The third-order valence-corrected chi connectivity index (χ3v) is 4.49. The maximum atomic E-state index is 14.4. The van der Waals surface area contributed by atoms with Crippen molar-refractivity contribution in [1.29, 1.82) is 0 Å². The van der Waals surface area contributed by atoms with E-state index in [1.54, 1.807) is 12.1 Å². The third kappa shape index (κ3) is 3.10. The highest BCUT2D eigenvalue weighted by Crippen LogP contribution is 2.32. The Balaban J connectivity index is 1.90. The molecule has 4 heteroatoms. The number of hydrogen-bond acceptors (Lipinski definition) is 0. The number of unbranched alkanes of at least 4 members (excludes halogenated alkanes) is 1. The fourth-order valence-electron chi connectivity index (χ4n) is 3.12. The Kier molecular flexibility index (Phi) is 4.74. The number of aryl methyl sites for hydroxylation is 1. The molecule has 0 N–H and O–H groups in total. The summed E-state index contributed by atoms with van der Waals surface area (Å²) in [6.07, 6.45) is 4.87. The third-order valence-electron chi connectivity index (χ3n) is 4.49. The summed E-state index contributed by atoms with van der Waals surface area (Å²) >= 11 is 0. The minimum Gasteiger partial charge on any atom is -0.206 e. The first kappa shape index (κ1) is 16.7. The van der Waals surface area contributed by atoms with Crippen molar-refractivity contribution in [3.05, 3.63) is 75.9 Å². The lowest BCUT2D eigenvalue weighted by Crippen LogP contribution is -2.09. The molecule has 1 aliphatic carbocycles. The zero-order valence-electron chi connectivity index (χ0n) is 13.4. The molecule has 0 bridgehead atoms. The van der Waals surface area contributed by atoms with Crippen LogP contribution in [0.5, 0.6) is 0 Å². The highest BCUT2D eigenvalue weighted by atomic mass is 19.2. The molecule has 0 saturated heterocycles. The molecule has 2 aromatic rings. The van der Waals surface area contributed by atoms with Gasteiger partial charge in [0.1, 0.15) is 5.82 Å². The van der Waals surface area contributed by atoms with Gasteiger partial charge in [-0.1, -0.05) is 31.6 Å².